The highest BCUT2D eigenvalue weighted by Gasteiger charge is 2.22. The number of sulfonamides is 1. The maximum atomic E-state index is 13.9. The molecule has 0 aliphatic heterocycles. The fourth-order valence-corrected chi connectivity index (χ4v) is 2.99. The molecule has 0 saturated heterocycles. The number of H-pyrrole nitrogens is 1. The molecule has 0 aliphatic carbocycles. The lowest BCUT2D eigenvalue weighted by molar-refractivity contribution is -0.0523. The van der Waals surface area contributed by atoms with E-state index in [0.29, 0.717) is 12.1 Å². The molecule has 0 aliphatic rings. The zero-order valence-electron chi connectivity index (χ0n) is 12.4. The second-order valence-corrected chi connectivity index (χ2v) is 6.42. The molecule has 3 aromatic rings. The van der Waals surface area contributed by atoms with Gasteiger partial charge in [0, 0.05) is 18.3 Å². The van der Waals surface area contributed by atoms with E-state index in [1.165, 1.54) is 0 Å². The first-order valence-electron chi connectivity index (χ1n) is 6.68. The lowest BCUT2D eigenvalue weighted by Gasteiger charge is -2.10. The Morgan fingerprint density at radius 2 is 1.96 bits per heavy atom. The van der Waals surface area contributed by atoms with Crippen LogP contribution in [0, 0.1) is 11.6 Å². The summed E-state index contributed by atoms with van der Waals surface area (Å²) < 4.78 is 86.8. The first-order valence-corrected chi connectivity index (χ1v) is 8.16. The van der Waals surface area contributed by atoms with Gasteiger partial charge in [0.25, 0.3) is 15.9 Å². The van der Waals surface area contributed by atoms with Crippen molar-refractivity contribution in [3.8, 4) is 17.3 Å². The number of hydrogen-bond donors (Lipinski definition) is 2. The van der Waals surface area contributed by atoms with Gasteiger partial charge in [0.2, 0.25) is 6.39 Å². The number of nitrogens with zero attached hydrogens (tertiary/aromatic N) is 2. The van der Waals surface area contributed by atoms with Crippen molar-refractivity contribution in [3.63, 3.8) is 0 Å². The second-order valence-electron chi connectivity index (χ2n) is 4.74. The van der Waals surface area contributed by atoms with Crippen molar-refractivity contribution in [2.75, 3.05) is 4.72 Å². The van der Waals surface area contributed by atoms with Gasteiger partial charge in [-0.1, -0.05) is 0 Å². The highest BCUT2D eigenvalue weighted by molar-refractivity contribution is 7.92. The highest BCUT2D eigenvalue weighted by Crippen LogP contribution is 2.28. The molecule has 0 atom stereocenters. The van der Waals surface area contributed by atoms with Gasteiger partial charge < -0.3 is 14.1 Å². The summed E-state index contributed by atoms with van der Waals surface area (Å²) in [5, 5.41) is 7.01. The van der Waals surface area contributed by atoms with Crippen molar-refractivity contribution in [2.24, 2.45) is 0 Å². The SMILES string of the molecule is O=S(=O)(Nc1cc(F)c(OC(F)F)cc1F)c1c[nH]c(-c2nnco2)c1. The summed E-state index contributed by atoms with van der Waals surface area (Å²) in [6, 6.07) is 1.81. The first kappa shape index (κ1) is 17.7. The molecule has 1 aromatic carbocycles. The van der Waals surface area contributed by atoms with Crippen LogP contribution in [0.2, 0.25) is 0 Å². The lowest BCUT2D eigenvalue weighted by Crippen LogP contribution is -2.14. The topological polar surface area (TPSA) is 110 Å². The van der Waals surface area contributed by atoms with Gasteiger partial charge in [-0.15, -0.1) is 10.2 Å². The molecule has 138 valence electrons. The van der Waals surface area contributed by atoms with Crippen LogP contribution in [0.3, 0.4) is 0 Å². The third-order valence-corrected chi connectivity index (χ3v) is 4.38. The van der Waals surface area contributed by atoms with E-state index in [0.717, 1.165) is 18.7 Å². The molecule has 0 amide bonds. The molecule has 0 saturated carbocycles. The Labute approximate surface area is 142 Å². The van der Waals surface area contributed by atoms with Crippen LogP contribution in [0.5, 0.6) is 5.75 Å². The number of rotatable bonds is 6. The minimum Gasteiger partial charge on any atom is -0.432 e. The van der Waals surface area contributed by atoms with Crippen LogP contribution in [-0.2, 0) is 10.0 Å². The van der Waals surface area contributed by atoms with Crippen LogP contribution in [0.1, 0.15) is 0 Å². The number of anilines is 1. The zero-order chi connectivity index (χ0) is 18.9. The monoisotopic (exact) mass is 392 g/mol. The molecule has 2 heterocycles. The van der Waals surface area contributed by atoms with E-state index >= 15 is 0 Å². The average Bonchev–Trinajstić information content (AvgIpc) is 3.22. The van der Waals surface area contributed by atoms with Gasteiger partial charge >= 0.3 is 6.61 Å². The minimum absolute atomic E-state index is 0.0113. The lowest BCUT2D eigenvalue weighted by atomic mass is 10.3. The molecular formula is C13H8F4N4O4S. The van der Waals surface area contributed by atoms with Crippen LogP contribution in [0.15, 0.2) is 40.1 Å². The summed E-state index contributed by atoms with van der Waals surface area (Å²) in [5.74, 6) is -3.72. The summed E-state index contributed by atoms with van der Waals surface area (Å²) in [5.41, 5.74) is -0.611. The molecule has 13 heteroatoms. The minimum atomic E-state index is -4.33. The number of benzene rings is 1. The predicted octanol–water partition coefficient (Wildman–Crippen LogP) is 2.75. The molecule has 8 nitrogen and oxygen atoms in total. The van der Waals surface area contributed by atoms with Crippen molar-refractivity contribution < 1.29 is 35.1 Å². The van der Waals surface area contributed by atoms with Gasteiger partial charge in [0.15, 0.2) is 17.4 Å². The summed E-state index contributed by atoms with van der Waals surface area (Å²) in [4.78, 5) is 2.24. The van der Waals surface area contributed by atoms with Crippen LogP contribution < -0.4 is 9.46 Å². The Morgan fingerprint density at radius 3 is 2.62 bits per heavy atom. The van der Waals surface area contributed by atoms with E-state index in [2.05, 4.69) is 19.9 Å². The maximum absolute atomic E-state index is 13.9. The average molecular weight is 392 g/mol. The number of alkyl halides is 2. The third kappa shape index (κ3) is 3.61. The van der Waals surface area contributed by atoms with E-state index in [9.17, 15) is 26.0 Å². The van der Waals surface area contributed by atoms with Gasteiger partial charge in [0.1, 0.15) is 10.6 Å². The van der Waals surface area contributed by atoms with Crippen molar-refractivity contribution in [1.29, 1.82) is 0 Å². The zero-order valence-corrected chi connectivity index (χ0v) is 13.2. The quantitative estimate of drug-likeness (QED) is 0.624. The Bertz CT molecular complexity index is 1020. The molecule has 0 spiro atoms. The van der Waals surface area contributed by atoms with Gasteiger partial charge in [-0.05, 0) is 6.07 Å². The van der Waals surface area contributed by atoms with Crippen LogP contribution in [0.25, 0.3) is 11.6 Å². The van der Waals surface area contributed by atoms with Crippen LogP contribution in [-0.4, -0.2) is 30.2 Å². The second kappa shape index (κ2) is 6.67. The number of nitrogens with one attached hydrogen (secondary N) is 2. The number of aromatic nitrogens is 3. The van der Waals surface area contributed by atoms with E-state index < -0.39 is 39.7 Å². The molecule has 0 unspecified atom stereocenters. The first-order chi connectivity index (χ1) is 12.3. The summed E-state index contributed by atoms with van der Waals surface area (Å²) >= 11 is 0. The summed E-state index contributed by atoms with van der Waals surface area (Å²) in [6.07, 6.45) is 2.09. The fraction of sp³-hybridized carbons (Fsp3) is 0.0769. The number of halogens is 4. The third-order valence-electron chi connectivity index (χ3n) is 3.04. The number of aromatic amines is 1. The number of ether oxygens (including phenoxy) is 1. The van der Waals surface area contributed by atoms with E-state index in [4.69, 9.17) is 4.42 Å². The Kier molecular flexibility index (Phi) is 4.54. The maximum Gasteiger partial charge on any atom is 0.387 e. The molecular weight excluding hydrogens is 384 g/mol. The molecule has 2 N–H and O–H groups in total. The highest BCUT2D eigenvalue weighted by atomic mass is 32.2. The Balaban J connectivity index is 1.87. The smallest absolute Gasteiger partial charge is 0.387 e. The van der Waals surface area contributed by atoms with Gasteiger partial charge in [-0.3, -0.25) is 4.72 Å². The largest absolute Gasteiger partial charge is 0.432 e. The summed E-state index contributed by atoms with van der Waals surface area (Å²) in [6.45, 7) is -3.37. The van der Waals surface area contributed by atoms with E-state index in [-0.39, 0.29) is 16.5 Å². The van der Waals surface area contributed by atoms with Crippen LogP contribution in [0.4, 0.5) is 23.2 Å². The van der Waals surface area contributed by atoms with E-state index in [1.807, 2.05) is 4.72 Å². The van der Waals surface area contributed by atoms with Crippen molar-refractivity contribution in [1.82, 2.24) is 15.2 Å². The van der Waals surface area contributed by atoms with Gasteiger partial charge in [-0.25, -0.2) is 17.2 Å². The molecule has 3 rings (SSSR count). The van der Waals surface area contributed by atoms with Gasteiger partial charge in [-0.2, -0.15) is 8.78 Å². The summed E-state index contributed by atoms with van der Waals surface area (Å²) in [7, 11) is -4.33. The van der Waals surface area contributed by atoms with Crippen molar-refractivity contribution in [2.45, 2.75) is 11.5 Å². The predicted molar refractivity (Wildman–Crippen MR) is 77.9 cm³/mol. The molecule has 0 fully saturated rings. The molecule has 2 aromatic heterocycles. The van der Waals surface area contributed by atoms with Crippen LogP contribution >= 0.6 is 0 Å². The Morgan fingerprint density at radius 1 is 1.19 bits per heavy atom. The van der Waals surface area contributed by atoms with E-state index in [1.54, 1.807) is 0 Å². The van der Waals surface area contributed by atoms with Crippen molar-refractivity contribution >= 4 is 15.7 Å². The fourth-order valence-electron chi connectivity index (χ4n) is 1.94. The molecule has 0 bridgehead atoms. The normalized spacial score (nSPS) is 11.7. The van der Waals surface area contributed by atoms with Crippen molar-refractivity contribution in [3.05, 3.63) is 42.4 Å². The molecule has 26 heavy (non-hydrogen) atoms. The Hall–Kier alpha value is -3.09. The standard InChI is InChI=1S/C13H8F4N4O4S/c14-7-3-11(25-13(16)17)8(15)2-9(7)21-26(22,23)6-1-10(18-4-6)12-20-19-5-24-12/h1-5,13,18,21H. The van der Waals surface area contributed by atoms with Gasteiger partial charge in [0.05, 0.1) is 5.69 Å². The number of hydrogen-bond acceptors (Lipinski definition) is 6. The molecule has 0 radical (unpaired) electrons.